The maximum atomic E-state index is 13.0. The lowest BCUT2D eigenvalue weighted by atomic mass is 9.90. The van der Waals surface area contributed by atoms with Crippen LogP contribution in [0.15, 0.2) is 30.6 Å². The Morgan fingerprint density at radius 1 is 1.04 bits per heavy atom. The molecular formula is C19H21N3O2. The van der Waals surface area contributed by atoms with E-state index in [1.807, 2.05) is 29.2 Å². The molecule has 0 radical (unpaired) electrons. The molecule has 0 spiro atoms. The predicted octanol–water partition coefficient (Wildman–Crippen LogP) is 2.49. The number of aryl methyl sites for hydroxylation is 1. The number of hydrogen-bond acceptors (Lipinski definition) is 4. The summed E-state index contributed by atoms with van der Waals surface area (Å²) in [6, 6.07) is 7.81. The molecule has 1 aliphatic heterocycles. The smallest absolute Gasteiger partial charge is 0.254 e. The van der Waals surface area contributed by atoms with Gasteiger partial charge in [-0.15, -0.1) is 0 Å². The Morgan fingerprint density at radius 3 is 2.71 bits per heavy atom. The van der Waals surface area contributed by atoms with Crippen molar-refractivity contribution in [1.82, 2.24) is 14.9 Å². The number of carbonyl (C=O) groups is 1. The normalized spacial score (nSPS) is 17.4. The Morgan fingerprint density at radius 2 is 1.83 bits per heavy atom. The van der Waals surface area contributed by atoms with Gasteiger partial charge in [-0.2, -0.15) is 0 Å². The van der Waals surface area contributed by atoms with Crippen LogP contribution in [0.3, 0.4) is 0 Å². The fourth-order valence-electron chi connectivity index (χ4n) is 3.57. The van der Waals surface area contributed by atoms with Gasteiger partial charge < -0.3 is 9.64 Å². The van der Waals surface area contributed by atoms with Gasteiger partial charge in [0.2, 0.25) is 0 Å². The van der Waals surface area contributed by atoms with E-state index in [2.05, 4.69) is 9.97 Å². The van der Waals surface area contributed by atoms with E-state index in [4.69, 9.17) is 4.74 Å². The molecular weight excluding hydrogens is 302 g/mol. The first-order valence-corrected chi connectivity index (χ1v) is 8.64. The monoisotopic (exact) mass is 323 g/mol. The lowest BCUT2D eigenvalue weighted by Gasteiger charge is -2.28. The van der Waals surface area contributed by atoms with Gasteiger partial charge in [0, 0.05) is 35.5 Å². The second-order valence-corrected chi connectivity index (χ2v) is 6.30. The Balaban J connectivity index is 1.76. The average Bonchev–Trinajstić information content (AvgIpc) is 2.68. The van der Waals surface area contributed by atoms with Crippen LogP contribution in [0.25, 0.3) is 11.3 Å². The topological polar surface area (TPSA) is 55.3 Å². The third kappa shape index (κ3) is 2.80. The van der Waals surface area contributed by atoms with Crippen LogP contribution in [-0.2, 0) is 17.6 Å². The van der Waals surface area contributed by atoms with Crippen LogP contribution in [0.2, 0.25) is 0 Å². The summed E-state index contributed by atoms with van der Waals surface area (Å²) in [5.74, 6) is 0.0667. The molecule has 2 heterocycles. The minimum absolute atomic E-state index is 0.0667. The minimum Gasteiger partial charge on any atom is -0.378 e. The Hall–Kier alpha value is -2.27. The Bertz CT molecular complexity index is 754. The molecule has 24 heavy (non-hydrogen) atoms. The number of benzene rings is 1. The lowest BCUT2D eigenvalue weighted by Crippen LogP contribution is -2.40. The zero-order valence-electron chi connectivity index (χ0n) is 13.7. The molecule has 4 rings (SSSR count). The zero-order chi connectivity index (χ0) is 16.4. The molecule has 2 aliphatic rings. The molecule has 0 N–H and O–H groups in total. The highest BCUT2D eigenvalue weighted by atomic mass is 16.5. The molecule has 0 saturated carbocycles. The molecule has 1 amide bonds. The zero-order valence-corrected chi connectivity index (χ0v) is 13.7. The van der Waals surface area contributed by atoms with Crippen molar-refractivity contribution in [2.75, 3.05) is 26.3 Å². The van der Waals surface area contributed by atoms with E-state index in [1.165, 1.54) is 12.0 Å². The maximum Gasteiger partial charge on any atom is 0.254 e. The molecule has 5 heteroatoms. The second kappa shape index (κ2) is 6.69. The molecule has 2 aromatic rings. The van der Waals surface area contributed by atoms with Crippen molar-refractivity contribution in [3.63, 3.8) is 0 Å². The van der Waals surface area contributed by atoms with E-state index in [0.717, 1.165) is 41.8 Å². The van der Waals surface area contributed by atoms with Gasteiger partial charge in [-0.05, 0) is 31.7 Å². The summed E-state index contributed by atoms with van der Waals surface area (Å²) in [5.41, 5.74) is 4.93. The molecule has 1 fully saturated rings. The van der Waals surface area contributed by atoms with Gasteiger partial charge in [0.25, 0.3) is 5.91 Å². The van der Waals surface area contributed by atoms with Gasteiger partial charge in [0.1, 0.15) is 6.33 Å². The van der Waals surface area contributed by atoms with E-state index < -0.39 is 0 Å². The van der Waals surface area contributed by atoms with Crippen LogP contribution < -0.4 is 0 Å². The van der Waals surface area contributed by atoms with Gasteiger partial charge in [-0.3, -0.25) is 4.79 Å². The number of aromatic nitrogens is 2. The van der Waals surface area contributed by atoms with E-state index in [9.17, 15) is 4.79 Å². The van der Waals surface area contributed by atoms with Gasteiger partial charge in [-0.1, -0.05) is 18.2 Å². The second-order valence-electron chi connectivity index (χ2n) is 6.30. The SMILES string of the molecule is O=C(c1ccccc1-c1ncnc2c1CCCC2)N1CCOCC1. The third-order valence-electron chi connectivity index (χ3n) is 4.84. The standard InChI is InChI=1S/C19H21N3O2/c23-19(22-9-11-24-12-10-22)15-6-2-1-5-14(15)18-16-7-3-4-8-17(16)20-13-21-18/h1-2,5-6,13H,3-4,7-12H2. The molecule has 1 saturated heterocycles. The quantitative estimate of drug-likeness (QED) is 0.852. The number of ether oxygens (including phenoxy) is 1. The van der Waals surface area contributed by atoms with Crippen molar-refractivity contribution in [3.05, 3.63) is 47.4 Å². The van der Waals surface area contributed by atoms with Gasteiger partial charge in [0.15, 0.2) is 0 Å². The first kappa shape index (κ1) is 15.3. The van der Waals surface area contributed by atoms with Crippen LogP contribution in [0.1, 0.15) is 34.5 Å². The maximum absolute atomic E-state index is 13.0. The van der Waals surface area contributed by atoms with Gasteiger partial charge in [-0.25, -0.2) is 9.97 Å². The first-order valence-electron chi connectivity index (χ1n) is 8.64. The molecule has 5 nitrogen and oxygen atoms in total. The summed E-state index contributed by atoms with van der Waals surface area (Å²) in [6.07, 6.45) is 5.97. The van der Waals surface area contributed by atoms with Crippen molar-refractivity contribution in [2.45, 2.75) is 25.7 Å². The predicted molar refractivity (Wildman–Crippen MR) is 90.8 cm³/mol. The molecule has 0 bridgehead atoms. The fourth-order valence-corrected chi connectivity index (χ4v) is 3.57. The molecule has 0 atom stereocenters. The first-order chi connectivity index (χ1) is 11.8. The summed E-state index contributed by atoms with van der Waals surface area (Å²) in [5, 5.41) is 0. The van der Waals surface area contributed by atoms with Crippen molar-refractivity contribution >= 4 is 5.91 Å². The third-order valence-corrected chi connectivity index (χ3v) is 4.84. The molecule has 1 aromatic carbocycles. The van der Waals surface area contributed by atoms with Crippen molar-refractivity contribution in [3.8, 4) is 11.3 Å². The van der Waals surface area contributed by atoms with Crippen LogP contribution in [-0.4, -0.2) is 47.1 Å². The van der Waals surface area contributed by atoms with Crippen molar-refractivity contribution in [2.24, 2.45) is 0 Å². The summed E-state index contributed by atoms with van der Waals surface area (Å²) in [7, 11) is 0. The van der Waals surface area contributed by atoms with Crippen LogP contribution >= 0.6 is 0 Å². The number of amides is 1. The number of morpholine rings is 1. The largest absolute Gasteiger partial charge is 0.378 e. The van der Waals surface area contributed by atoms with Crippen LogP contribution in [0.4, 0.5) is 0 Å². The van der Waals surface area contributed by atoms with Gasteiger partial charge in [0.05, 0.1) is 18.9 Å². The number of nitrogens with zero attached hydrogens (tertiary/aromatic N) is 3. The van der Waals surface area contributed by atoms with Crippen LogP contribution in [0.5, 0.6) is 0 Å². The summed E-state index contributed by atoms with van der Waals surface area (Å²) in [6.45, 7) is 2.51. The van der Waals surface area contributed by atoms with E-state index >= 15 is 0 Å². The average molecular weight is 323 g/mol. The number of hydrogen-bond donors (Lipinski definition) is 0. The number of fused-ring (bicyclic) bond motifs is 1. The summed E-state index contributed by atoms with van der Waals surface area (Å²) in [4.78, 5) is 23.9. The van der Waals surface area contributed by atoms with Gasteiger partial charge >= 0.3 is 0 Å². The Labute approximate surface area is 141 Å². The summed E-state index contributed by atoms with van der Waals surface area (Å²) >= 11 is 0. The highest BCUT2D eigenvalue weighted by molar-refractivity contribution is 6.00. The van der Waals surface area contributed by atoms with Crippen LogP contribution in [0, 0.1) is 0 Å². The Kier molecular flexibility index (Phi) is 4.26. The number of rotatable bonds is 2. The van der Waals surface area contributed by atoms with Crippen molar-refractivity contribution in [1.29, 1.82) is 0 Å². The van der Waals surface area contributed by atoms with Crippen molar-refractivity contribution < 1.29 is 9.53 Å². The molecule has 1 aromatic heterocycles. The fraction of sp³-hybridized carbons (Fsp3) is 0.421. The number of carbonyl (C=O) groups excluding carboxylic acids is 1. The molecule has 124 valence electrons. The summed E-state index contributed by atoms with van der Waals surface area (Å²) < 4.78 is 5.36. The highest BCUT2D eigenvalue weighted by Crippen LogP contribution is 2.31. The van der Waals surface area contributed by atoms with E-state index in [1.54, 1.807) is 6.33 Å². The van der Waals surface area contributed by atoms with E-state index in [-0.39, 0.29) is 5.91 Å². The lowest BCUT2D eigenvalue weighted by molar-refractivity contribution is 0.0303. The molecule has 0 unspecified atom stereocenters. The minimum atomic E-state index is 0.0667. The van der Waals surface area contributed by atoms with E-state index in [0.29, 0.717) is 26.3 Å². The molecule has 1 aliphatic carbocycles. The highest BCUT2D eigenvalue weighted by Gasteiger charge is 2.24.